The van der Waals surface area contributed by atoms with Crippen molar-refractivity contribution in [1.82, 2.24) is 0 Å². The van der Waals surface area contributed by atoms with Gasteiger partial charge in [0.1, 0.15) is 0 Å². The zero-order valence-electron chi connectivity index (χ0n) is 15.5. The average molecular weight is 377 g/mol. The summed E-state index contributed by atoms with van der Waals surface area (Å²) < 4.78 is 0. The van der Waals surface area contributed by atoms with Crippen LogP contribution in [0.4, 0.5) is 11.4 Å². The standard InChI is InChI=1S/C22H22N2O4/c1-24(17-7-3-2-4-8-17)21(26)15-11-13-16(14-12-15)23-20(25)18-9-5-6-10-19(18)22(27)28/h2-8,11-14,18-19H,9-10H2,1H3,(H,23,25)(H,27,28)/p-1/t18-,19-/m1/s1. The predicted octanol–water partition coefficient (Wildman–Crippen LogP) is 2.23. The van der Waals surface area contributed by atoms with Gasteiger partial charge in [-0.25, -0.2) is 0 Å². The quantitative estimate of drug-likeness (QED) is 0.809. The first-order valence-electron chi connectivity index (χ1n) is 9.07. The summed E-state index contributed by atoms with van der Waals surface area (Å²) in [5, 5.41) is 14.0. The number of amides is 2. The van der Waals surface area contributed by atoms with Gasteiger partial charge in [0, 0.05) is 35.9 Å². The number of carboxylic acid groups (broad SMARTS) is 1. The summed E-state index contributed by atoms with van der Waals surface area (Å²) in [5.74, 6) is -3.24. The number of carbonyl (C=O) groups excluding carboxylic acids is 3. The summed E-state index contributed by atoms with van der Waals surface area (Å²) in [6.07, 6.45) is 4.22. The molecular formula is C22H21N2O4-. The maximum atomic E-state index is 12.6. The molecule has 0 aromatic heterocycles. The normalized spacial score (nSPS) is 18.3. The van der Waals surface area contributed by atoms with Crippen LogP contribution in [-0.4, -0.2) is 24.8 Å². The molecule has 1 aliphatic rings. The van der Waals surface area contributed by atoms with Crippen molar-refractivity contribution >= 4 is 29.2 Å². The minimum Gasteiger partial charge on any atom is -0.550 e. The maximum absolute atomic E-state index is 12.6. The fraction of sp³-hybridized carbons (Fsp3) is 0.227. The number of hydrogen-bond acceptors (Lipinski definition) is 4. The van der Waals surface area contributed by atoms with E-state index in [0.717, 1.165) is 5.69 Å². The van der Waals surface area contributed by atoms with Crippen molar-refractivity contribution in [3.05, 3.63) is 72.3 Å². The molecule has 3 rings (SSSR count). The molecule has 2 atom stereocenters. The maximum Gasteiger partial charge on any atom is 0.258 e. The molecule has 6 nitrogen and oxygen atoms in total. The van der Waals surface area contributed by atoms with Gasteiger partial charge in [0.05, 0.1) is 5.92 Å². The monoisotopic (exact) mass is 377 g/mol. The number of allylic oxidation sites excluding steroid dienone is 2. The van der Waals surface area contributed by atoms with Crippen LogP contribution < -0.4 is 15.3 Å². The summed E-state index contributed by atoms with van der Waals surface area (Å²) >= 11 is 0. The molecule has 2 aromatic carbocycles. The zero-order valence-corrected chi connectivity index (χ0v) is 15.5. The van der Waals surface area contributed by atoms with Gasteiger partial charge in [-0.2, -0.15) is 0 Å². The van der Waals surface area contributed by atoms with Gasteiger partial charge >= 0.3 is 0 Å². The molecule has 1 aliphatic carbocycles. The van der Waals surface area contributed by atoms with E-state index in [-0.39, 0.29) is 11.8 Å². The van der Waals surface area contributed by atoms with Crippen molar-refractivity contribution in [3.8, 4) is 0 Å². The predicted molar refractivity (Wildman–Crippen MR) is 105 cm³/mol. The van der Waals surface area contributed by atoms with Crippen molar-refractivity contribution in [3.63, 3.8) is 0 Å². The summed E-state index contributed by atoms with van der Waals surface area (Å²) in [4.78, 5) is 37.9. The Balaban J connectivity index is 1.67. The van der Waals surface area contributed by atoms with E-state index in [1.807, 2.05) is 36.4 Å². The van der Waals surface area contributed by atoms with E-state index in [1.54, 1.807) is 42.3 Å². The highest BCUT2D eigenvalue weighted by atomic mass is 16.4. The lowest BCUT2D eigenvalue weighted by molar-refractivity contribution is -0.313. The topological polar surface area (TPSA) is 89.5 Å². The summed E-state index contributed by atoms with van der Waals surface area (Å²) in [6, 6.07) is 15.8. The number of nitrogens with one attached hydrogen (secondary N) is 1. The summed E-state index contributed by atoms with van der Waals surface area (Å²) in [5.41, 5.74) is 1.77. The molecule has 0 heterocycles. The van der Waals surface area contributed by atoms with E-state index in [9.17, 15) is 19.5 Å². The van der Waals surface area contributed by atoms with Crippen molar-refractivity contribution < 1.29 is 19.5 Å². The van der Waals surface area contributed by atoms with Crippen LogP contribution in [-0.2, 0) is 9.59 Å². The Bertz CT molecular complexity index is 891. The van der Waals surface area contributed by atoms with Gasteiger partial charge in [-0.15, -0.1) is 0 Å². The number of rotatable bonds is 5. The van der Waals surface area contributed by atoms with Crippen molar-refractivity contribution in [1.29, 1.82) is 0 Å². The Morgan fingerprint density at radius 2 is 1.54 bits per heavy atom. The molecule has 6 heteroatoms. The van der Waals surface area contributed by atoms with E-state index in [2.05, 4.69) is 5.32 Å². The Morgan fingerprint density at radius 1 is 0.929 bits per heavy atom. The van der Waals surface area contributed by atoms with Gasteiger partial charge in [-0.1, -0.05) is 30.4 Å². The molecule has 0 aliphatic heterocycles. The highest BCUT2D eigenvalue weighted by Crippen LogP contribution is 2.27. The van der Waals surface area contributed by atoms with Crippen molar-refractivity contribution in [2.45, 2.75) is 12.8 Å². The second-order valence-electron chi connectivity index (χ2n) is 6.74. The molecule has 0 radical (unpaired) electrons. The minimum atomic E-state index is -1.21. The van der Waals surface area contributed by atoms with Crippen LogP contribution in [0.25, 0.3) is 0 Å². The number of aliphatic carboxylic acids is 1. The Hall–Kier alpha value is -3.41. The molecule has 2 aromatic rings. The van der Waals surface area contributed by atoms with E-state index in [1.165, 1.54) is 0 Å². The first-order valence-corrected chi connectivity index (χ1v) is 9.07. The number of hydrogen-bond donors (Lipinski definition) is 1. The Kier molecular flexibility index (Phi) is 5.89. The number of carboxylic acids is 1. The van der Waals surface area contributed by atoms with Crippen LogP contribution in [0.2, 0.25) is 0 Å². The van der Waals surface area contributed by atoms with Crippen LogP contribution in [0, 0.1) is 11.8 Å². The molecule has 2 amide bonds. The molecule has 0 bridgehead atoms. The molecule has 144 valence electrons. The first-order chi connectivity index (χ1) is 13.5. The van der Waals surface area contributed by atoms with Gasteiger partial charge in [0.25, 0.3) is 5.91 Å². The van der Waals surface area contributed by atoms with E-state index in [0.29, 0.717) is 24.1 Å². The van der Waals surface area contributed by atoms with Crippen molar-refractivity contribution in [2.24, 2.45) is 11.8 Å². The molecule has 0 unspecified atom stereocenters. The van der Waals surface area contributed by atoms with Crippen LogP contribution in [0.1, 0.15) is 23.2 Å². The van der Waals surface area contributed by atoms with E-state index >= 15 is 0 Å². The lowest BCUT2D eigenvalue weighted by Crippen LogP contribution is -2.41. The molecule has 0 fully saturated rings. The number of nitrogens with zero attached hydrogens (tertiary/aromatic N) is 1. The van der Waals surface area contributed by atoms with E-state index in [4.69, 9.17) is 0 Å². The number of benzene rings is 2. The molecule has 0 spiro atoms. The molecule has 0 saturated carbocycles. The third-order valence-electron chi connectivity index (χ3n) is 4.92. The third-order valence-corrected chi connectivity index (χ3v) is 4.92. The van der Waals surface area contributed by atoms with Gasteiger partial charge in [-0.05, 0) is 49.2 Å². The molecule has 1 N–H and O–H groups in total. The molecular weight excluding hydrogens is 356 g/mol. The number of carbonyl (C=O) groups is 3. The fourth-order valence-electron chi connectivity index (χ4n) is 3.26. The van der Waals surface area contributed by atoms with Gasteiger partial charge in [-0.3, -0.25) is 9.59 Å². The first kappa shape index (κ1) is 19.4. The fourth-order valence-corrected chi connectivity index (χ4v) is 3.26. The Morgan fingerprint density at radius 3 is 2.14 bits per heavy atom. The van der Waals surface area contributed by atoms with Crippen molar-refractivity contribution in [2.75, 3.05) is 17.3 Å². The average Bonchev–Trinajstić information content (AvgIpc) is 2.73. The van der Waals surface area contributed by atoms with Crippen LogP contribution in [0.5, 0.6) is 0 Å². The zero-order chi connectivity index (χ0) is 20.1. The number of anilines is 2. The molecule has 28 heavy (non-hydrogen) atoms. The summed E-state index contributed by atoms with van der Waals surface area (Å²) in [7, 11) is 1.70. The lowest BCUT2D eigenvalue weighted by atomic mass is 9.82. The van der Waals surface area contributed by atoms with Crippen LogP contribution in [0.15, 0.2) is 66.7 Å². The third kappa shape index (κ3) is 4.28. The summed E-state index contributed by atoms with van der Waals surface area (Å²) in [6.45, 7) is 0. The SMILES string of the molecule is CN(C(=O)c1ccc(NC(=O)[C@@H]2CC=CC[C@H]2C(=O)[O-])cc1)c1ccccc1. The van der Waals surface area contributed by atoms with Crippen LogP contribution >= 0.6 is 0 Å². The highest BCUT2D eigenvalue weighted by Gasteiger charge is 2.29. The smallest absolute Gasteiger partial charge is 0.258 e. The largest absolute Gasteiger partial charge is 0.550 e. The number of para-hydroxylation sites is 1. The van der Waals surface area contributed by atoms with Gasteiger partial charge in [0.2, 0.25) is 5.91 Å². The van der Waals surface area contributed by atoms with Gasteiger partial charge < -0.3 is 20.1 Å². The van der Waals surface area contributed by atoms with Gasteiger partial charge in [0.15, 0.2) is 0 Å². The van der Waals surface area contributed by atoms with E-state index < -0.39 is 17.8 Å². The Labute approximate surface area is 163 Å². The lowest BCUT2D eigenvalue weighted by Gasteiger charge is -2.28. The second kappa shape index (κ2) is 8.52. The van der Waals surface area contributed by atoms with Crippen LogP contribution in [0.3, 0.4) is 0 Å². The minimum absolute atomic E-state index is 0.168. The molecule has 0 saturated heterocycles. The second-order valence-corrected chi connectivity index (χ2v) is 6.74. The highest BCUT2D eigenvalue weighted by molar-refractivity contribution is 6.06.